The van der Waals surface area contributed by atoms with E-state index in [1.807, 2.05) is 0 Å². The van der Waals surface area contributed by atoms with Gasteiger partial charge in [0, 0.05) is 0 Å². The van der Waals surface area contributed by atoms with Gasteiger partial charge in [0.1, 0.15) is 24.5 Å². The Bertz CT molecular complexity index is 106. The van der Waals surface area contributed by atoms with Crippen LogP contribution >= 0.6 is 0 Å². The summed E-state index contributed by atoms with van der Waals surface area (Å²) < 4.78 is 4.69. The zero-order valence-electron chi connectivity index (χ0n) is 5.34. The third-order valence-corrected chi connectivity index (χ3v) is 1.54. The Balaban J connectivity index is 2.52. The van der Waals surface area contributed by atoms with E-state index >= 15 is 0 Å². The van der Waals surface area contributed by atoms with Crippen LogP contribution in [0.1, 0.15) is 0 Å². The fourth-order valence-corrected chi connectivity index (χ4v) is 0.829. The maximum absolute atomic E-state index is 8.96. The molecule has 1 saturated heterocycles. The van der Waals surface area contributed by atoms with Gasteiger partial charge in [0.25, 0.3) is 0 Å². The molecule has 4 atom stereocenters. The maximum Gasteiger partial charge on any atom is 0.134 e. The Morgan fingerprint density at radius 3 is 2.30 bits per heavy atom. The summed E-state index contributed by atoms with van der Waals surface area (Å²) in [4.78, 5) is 0. The molecule has 5 nitrogen and oxygen atoms in total. The predicted octanol–water partition coefficient (Wildman–Crippen LogP) is -2.62. The van der Waals surface area contributed by atoms with E-state index in [9.17, 15) is 0 Å². The second-order valence-electron chi connectivity index (χ2n) is 2.35. The molecule has 1 rings (SSSR count). The molecule has 0 spiro atoms. The van der Waals surface area contributed by atoms with Crippen molar-refractivity contribution in [2.45, 2.75) is 24.5 Å². The molecule has 1 aliphatic rings. The molecular formula is C5H11NO4. The minimum Gasteiger partial charge on any atom is -0.388 e. The zero-order valence-corrected chi connectivity index (χ0v) is 5.34. The molecule has 0 bridgehead atoms. The molecule has 10 heavy (non-hydrogen) atoms. The number of hydrogen-bond donors (Lipinski definition) is 4. The Hall–Kier alpha value is -0.200. The van der Waals surface area contributed by atoms with Crippen molar-refractivity contribution >= 4 is 0 Å². The fraction of sp³-hybridized carbons (Fsp3) is 1.00. The van der Waals surface area contributed by atoms with Crippen LogP contribution in [0.15, 0.2) is 0 Å². The summed E-state index contributed by atoms with van der Waals surface area (Å²) in [5.41, 5.74) is 5.19. The first kappa shape index (κ1) is 7.90. The van der Waals surface area contributed by atoms with Crippen LogP contribution in [0.25, 0.3) is 0 Å². The van der Waals surface area contributed by atoms with E-state index in [0.29, 0.717) is 0 Å². The van der Waals surface area contributed by atoms with Crippen molar-refractivity contribution in [2.24, 2.45) is 5.73 Å². The minimum absolute atomic E-state index is 0.0284. The molecule has 60 valence electrons. The lowest BCUT2D eigenvalue weighted by molar-refractivity contribution is -0.184. The van der Waals surface area contributed by atoms with Crippen molar-refractivity contribution in [1.82, 2.24) is 0 Å². The predicted molar refractivity (Wildman–Crippen MR) is 31.9 cm³/mol. The molecule has 5 heteroatoms. The van der Waals surface area contributed by atoms with Gasteiger partial charge in [-0.1, -0.05) is 0 Å². The van der Waals surface area contributed by atoms with Gasteiger partial charge in [-0.25, -0.2) is 0 Å². The number of aliphatic hydroxyl groups is 3. The summed E-state index contributed by atoms with van der Waals surface area (Å²) in [5.74, 6) is 0. The largest absolute Gasteiger partial charge is 0.388 e. The van der Waals surface area contributed by atoms with Crippen LogP contribution in [0.3, 0.4) is 0 Å². The van der Waals surface area contributed by atoms with E-state index < -0.39 is 24.5 Å². The van der Waals surface area contributed by atoms with Crippen molar-refractivity contribution in [1.29, 1.82) is 0 Å². The van der Waals surface area contributed by atoms with Gasteiger partial charge in [0.2, 0.25) is 0 Å². The van der Waals surface area contributed by atoms with Gasteiger partial charge in [0.15, 0.2) is 0 Å². The Morgan fingerprint density at radius 1 is 1.20 bits per heavy atom. The normalized spacial score (nSPS) is 49.2. The number of rotatable bonds is 0. The molecule has 0 amide bonds. The molecule has 0 aromatic heterocycles. The fourth-order valence-electron chi connectivity index (χ4n) is 0.829. The minimum atomic E-state index is -1.19. The van der Waals surface area contributed by atoms with Crippen LogP contribution in [0.5, 0.6) is 0 Å². The van der Waals surface area contributed by atoms with Crippen LogP contribution in [0.4, 0.5) is 0 Å². The van der Waals surface area contributed by atoms with Gasteiger partial charge in [0.05, 0.1) is 6.61 Å². The molecule has 1 heterocycles. The van der Waals surface area contributed by atoms with Crippen molar-refractivity contribution in [2.75, 3.05) is 6.61 Å². The molecule has 5 N–H and O–H groups in total. The molecular weight excluding hydrogens is 138 g/mol. The average Bonchev–Trinajstić information content (AvgIpc) is 1.93. The van der Waals surface area contributed by atoms with Crippen LogP contribution in [-0.4, -0.2) is 46.5 Å². The molecule has 1 aliphatic heterocycles. The first-order valence-corrected chi connectivity index (χ1v) is 3.04. The van der Waals surface area contributed by atoms with Crippen LogP contribution < -0.4 is 5.73 Å². The van der Waals surface area contributed by atoms with Crippen molar-refractivity contribution in [3.8, 4) is 0 Å². The lowest BCUT2D eigenvalue weighted by Crippen LogP contribution is -2.56. The maximum atomic E-state index is 8.96. The smallest absolute Gasteiger partial charge is 0.134 e. The Kier molecular flexibility index (Phi) is 2.22. The van der Waals surface area contributed by atoms with E-state index in [4.69, 9.17) is 25.8 Å². The van der Waals surface area contributed by atoms with Gasteiger partial charge < -0.3 is 25.8 Å². The van der Waals surface area contributed by atoms with E-state index in [1.54, 1.807) is 0 Å². The van der Waals surface area contributed by atoms with Gasteiger partial charge in [-0.3, -0.25) is 0 Å². The van der Waals surface area contributed by atoms with Crippen molar-refractivity contribution in [3.05, 3.63) is 0 Å². The molecule has 0 saturated carbocycles. The van der Waals surface area contributed by atoms with E-state index in [0.717, 1.165) is 0 Å². The quantitative estimate of drug-likeness (QED) is 0.302. The highest BCUT2D eigenvalue weighted by Gasteiger charge is 2.35. The van der Waals surface area contributed by atoms with Crippen LogP contribution in [-0.2, 0) is 4.74 Å². The summed E-state index contributed by atoms with van der Waals surface area (Å²) in [7, 11) is 0. The summed E-state index contributed by atoms with van der Waals surface area (Å²) in [6.07, 6.45) is -4.30. The topological polar surface area (TPSA) is 95.9 Å². The van der Waals surface area contributed by atoms with E-state index in [-0.39, 0.29) is 6.61 Å². The number of hydrogen-bond acceptors (Lipinski definition) is 5. The second-order valence-corrected chi connectivity index (χ2v) is 2.35. The van der Waals surface area contributed by atoms with Crippen molar-refractivity contribution < 1.29 is 20.1 Å². The van der Waals surface area contributed by atoms with Gasteiger partial charge in [-0.15, -0.1) is 0 Å². The van der Waals surface area contributed by atoms with Gasteiger partial charge in [-0.05, 0) is 0 Å². The van der Waals surface area contributed by atoms with Gasteiger partial charge in [-0.2, -0.15) is 0 Å². The summed E-state index contributed by atoms with van der Waals surface area (Å²) in [5, 5.41) is 26.8. The lowest BCUT2D eigenvalue weighted by atomic mass is 10.1. The highest BCUT2D eigenvalue weighted by molar-refractivity contribution is 4.83. The van der Waals surface area contributed by atoms with E-state index in [2.05, 4.69) is 0 Å². The third-order valence-electron chi connectivity index (χ3n) is 1.54. The van der Waals surface area contributed by atoms with Gasteiger partial charge >= 0.3 is 0 Å². The first-order valence-electron chi connectivity index (χ1n) is 3.04. The first-order chi connectivity index (χ1) is 4.63. The lowest BCUT2D eigenvalue weighted by Gasteiger charge is -2.32. The molecule has 0 aliphatic carbocycles. The van der Waals surface area contributed by atoms with E-state index in [1.165, 1.54) is 0 Å². The highest BCUT2D eigenvalue weighted by atomic mass is 16.5. The number of nitrogens with two attached hydrogens (primary N) is 1. The Labute approximate surface area is 58.0 Å². The monoisotopic (exact) mass is 149 g/mol. The average molecular weight is 149 g/mol. The standard InChI is InChI=1S/C5H11NO4/c6-5-4(9)3(8)2(7)1-10-5/h2-5,7-9H,1,6H2/t2-,3-,4+,5?/m0/s1. The Morgan fingerprint density at radius 2 is 1.80 bits per heavy atom. The second kappa shape index (κ2) is 2.81. The zero-order chi connectivity index (χ0) is 7.72. The molecule has 0 aromatic rings. The molecule has 1 unspecified atom stereocenters. The molecule has 1 fully saturated rings. The SMILES string of the molecule is NC1OC[C@H](O)[C@H](O)[C@H]1O. The van der Waals surface area contributed by atoms with Crippen molar-refractivity contribution in [3.63, 3.8) is 0 Å². The van der Waals surface area contributed by atoms with Crippen LogP contribution in [0.2, 0.25) is 0 Å². The molecule has 0 radical (unpaired) electrons. The summed E-state index contributed by atoms with van der Waals surface area (Å²) >= 11 is 0. The highest BCUT2D eigenvalue weighted by Crippen LogP contribution is 2.11. The number of aliphatic hydroxyl groups excluding tert-OH is 3. The summed E-state index contributed by atoms with van der Waals surface area (Å²) in [6.45, 7) is -0.0284. The molecule has 0 aromatic carbocycles. The number of ether oxygens (including phenoxy) is 1. The third kappa shape index (κ3) is 1.28. The summed E-state index contributed by atoms with van der Waals surface area (Å²) in [6, 6.07) is 0. The van der Waals surface area contributed by atoms with Crippen LogP contribution in [0, 0.1) is 0 Å².